The van der Waals surface area contributed by atoms with Crippen molar-refractivity contribution in [1.82, 2.24) is 0 Å². The summed E-state index contributed by atoms with van der Waals surface area (Å²) in [5.41, 5.74) is 11.3. The first-order chi connectivity index (χ1) is 26.6. The summed E-state index contributed by atoms with van der Waals surface area (Å²) in [6.45, 7) is 0. The normalized spacial score (nSPS) is 10.6. The van der Waals surface area contributed by atoms with Crippen molar-refractivity contribution in [2.45, 2.75) is 6.42 Å². The second kappa shape index (κ2) is 16.8. The van der Waals surface area contributed by atoms with Crippen LogP contribution in [0.2, 0.25) is 0 Å². The van der Waals surface area contributed by atoms with Crippen LogP contribution in [0.1, 0.15) is 50.1 Å². The highest BCUT2D eigenvalue weighted by Crippen LogP contribution is 2.42. The van der Waals surface area contributed by atoms with Gasteiger partial charge in [0.2, 0.25) is 0 Å². The molecule has 0 atom stereocenters. The van der Waals surface area contributed by atoms with Crippen LogP contribution in [0.25, 0.3) is 16.7 Å². The van der Waals surface area contributed by atoms with Gasteiger partial charge in [0.1, 0.15) is 0 Å². The SMILES string of the molecule is N#Cc1ccc(C(=CC(C=C(c2ccccc2)c2ccccc2)(C=C(c2ccccc2)c2ccccc2)Cc2ccccc2)c2ccc(C#N)cc2)cc1. The maximum Gasteiger partial charge on any atom is 0.0991 e. The fraction of sp³-hybridized carbons (Fsp3) is 0.0385. The third-order valence-electron chi connectivity index (χ3n) is 9.58. The summed E-state index contributed by atoms with van der Waals surface area (Å²) >= 11 is 0. The molecule has 0 heterocycles. The zero-order valence-electron chi connectivity index (χ0n) is 29.9. The van der Waals surface area contributed by atoms with E-state index in [2.05, 4.69) is 182 Å². The van der Waals surface area contributed by atoms with Gasteiger partial charge in [0.05, 0.1) is 23.3 Å². The molecule has 0 bridgehead atoms. The Labute approximate surface area is 318 Å². The van der Waals surface area contributed by atoms with E-state index >= 15 is 0 Å². The average Bonchev–Trinajstić information content (AvgIpc) is 3.25. The minimum absolute atomic E-state index is 0.596. The van der Waals surface area contributed by atoms with Crippen molar-refractivity contribution in [3.8, 4) is 12.1 Å². The van der Waals surface area contributed by atoms with Gasteiger partial charge in [-0.15, -0.1) is 0 Å². The molecule has 0 fully saturated rings. The second-order valence-corrected chi connectivity index (χ2v) is 13.3. The van der Waals surface area contributed by atoms with Crippen molar-refractivity contribution >= 4 is 16.7 Å². The van der Waals surface area contributed by atoms with E-state index in [1.165, 1.54) is 5.56 Å². The maximum atomic E-state index is 9.71. The molecule has 0 aliphatic heterocycles. The molecule has 7 aromatic carbocycles. The molecule has 0 amide bonds. The standard InChI is InChI=1S/C52H38N2/c53-38-41-26-30-47(31-27-41)51(48-32-28-42(39-54)29-33-48)37-52(34-40-16-6-1-7-17-40,35-49(43-18-8-2-9-19-43)44-20-10-3-11-21-44)36-50(45-22-12-4-13-23-45)46-24-14-5-15-25-46/h1-33,35-37H,34H2. The van der Waals surface area contributed by atoms with Crippen molar-refractivity contribution in [3.63, 3.8) is 0 Å². The van der Waals surface area contributed by atoms with Gasteiger partial charge >= 0.3 is 0 Å². The topological polar surface area (TPSA) is 47.6 Å². The number of rotatable bonds is 11. The Morgan fingerprint density at radius 1 is 0.352 bits per heavy atom. The van der Waals surface area contributed by atoms with Gasteiger partial charge in [-0.2, -0.15) is 10.5 Å². The van der Waals surface area contributed by atoms with Crippen LogP contribution < -0.4 is 0 Å². The summed E-state index contributed by atoms with van der Waals surface area (Å²) in [4.78, 5) is 0. The molecule has 256 valence electrons. The van der Waals surface area contributed by atoms with E-state index in [9.17, 15) is 10.5 Å². The Morgan fingerprint density at radius 2 is 0.611 bits per heavy atom. The lowest BCUT2D eigenvalue weighted by molar-refractivity contribution is 0.628. The van der Waals surface area contributed by atoms with Gasteiger partial charge in [0, 0.05) is 5.41 Å². The van der Waals surface area contributed by atoms with Crippen LogP contribution in [0.15, 0.2) is 218 Å². The van der Waals surface area contributed by atoms with Crippen LogP contribution in [-0.4, -0.2) is 0 Å². The van der Waals surface area contributed by atoms with Crippen LogP contribution in [0.5, 0.6) is 0 Å². The van der Waals surface area contributed by atoms with E-state index in [1.54, 1.807) is 0 Å². The van der Waals surface area contributed by atoms with Crippen molar-refractivity contribution < 1.29 is 0 Å². The molecule has 0 spiro atoms. The molecule has 0 N–H and O–H groups in total. The van der Waals surface area contributed by atoms with Gasteiger partial charge in [-0.25, -0.2) is 0 Å². The largest absolute Gasteiger partial charge is 0.192 e. The highest BCUT2D eigenvalue weighted by molar-refractivity contribution is 5.87. The predicted molar refractivity (Wildman–Crippen MR) is 222 cm³/mol. The van der Waals surface area contributed by atoms with Gasteiger partial charge < -0.3 is 0 Å². The number of hydrogen-bond acceptors (Lipinski definition) is 2. The summed E-state index contributed by atoms with van der Waals surface area (Å²) in [6, 6.07) is 73.2. The Kier molecular flexibility index (Phi) is 11.0. The van der Waals surface area contributed by atoms with Crippen molar-refractivity contribution in [2.24, 2.45) is 5.41 Å². The molecule has 0 saturated heterocycles. The Bertz CT molecular complexity index is 2230. The molecular formula is C52H38N2. The van der Waals surface area contributed by atoms with Gasteiger partial charge in [-0.1, -0.05) is 194 Å². The highest BCUT2D eigenvalue weighted by atomic mass is 14.3. The maximum absolute atomic E-state index is 9.71. The van der Waals surface area contributed by atoms with E-state index in [0.29, 0.717) is 17.5 Å². The van der Waals surface area contributed by atoms with Gasteiger partial charge in [-0.3, -0.25) is 0 Å². The summed E-state index contributed by atoms with van der Waals surface area (Å²) in [5, 5.41) is 19.4. The molecular weight excluding hydrogens is 653 g/mol. The third kappa shape index (κ3) is 8.43. The van der Waals surface area contributed by atoms with E-state index < -0.39 is 5.41 Å². The lowest BCUT2D eigenvalue weighted by atomic mass is 9.73. The molecule has 54 heavy (non-hydrogen) atoms. The first kappa shape index (κ1) is 35.2. The minimum Gasteiger partial charge on any atom is -0.192 e. The van der Waals surface area contributed by atoms with Crippen LogP contribution in [0.4, 0.5) is 0 Å². The van der Waals surface area contributed by atoms with Crippen molar-refractivity contribution in [2.75, 3.05) is 0 Å². The van der Waals surface area contributed by atoms with E-state index in [0.717, 1.165) is 50.1 Å². The Morgan fingerprint density at radius 3 is 0.889 bits per heavy atom. The first-order valence-electron chi connectivity index (χ1n) is 18.1. The number of nitrogens with zero attached hydrogens (tertiary/aromatic N) is 2. The minimum atomic E-state index is -0.736. The first-order valence-corrected chi connectivity index (χ1v) is 18.1. The molecule has 0 unspecified atom stereocenters. The second-order valence-electron chi connectivity index (χ2n) is 13.3. The molecule has 2 nitrogen and oxygen atoms in total. The molecule has 2 heteroatoms. The quantitative estimate of drug-likeness (QED) is 0.136. The third-order valence-corrected chi connectivity index (χ3v) is 9.58. The van der Waals surface area contributed by atoms with Crippen LogP contribution in [0, 0.1) is 28.1 Å². The Balaban J connectivity index is 1.64. The molecule has 7 rings (SSSR count). The molecule has 0 aromatic heterocycles. The predicted octanol–water partition coefficient (Wildman–Crippen LogP) is 12.4. The summed E-state index contributed by atoms with van der Waals surface area (Å²) in [5.74, 6) is 0. The number of nitriles is 2. The lowest BCUT2D eigenvalue weighted by Crippen LogP contribution is -2.19. The van der Waals surface area contributed by atoms with Gasteiger partial charge in [-0.05, 0) is 86.3 Å². The molecule has 7 aromatic rings. The summed E-state index contributed by atoms with van der Waals surface area (Å²) < 4.78 is 0. The van der Waals surface area contributed by atoms with Crippen LogP contribution >= 0.6 is 0 Å². The van der Waals surface area contributed by atoms with Crippen LogP contribution in [-0.2, 0) is 6.42 Å². The smallest absolute Gasteiger partial charge is 0.0991 e. The zero-order chi connectivity index (χ0) is 37.0. The zero-order valence-corrected chi connectivity index (χ0v) is 29.9. The fourth-order valence-corrected chi connectivity index (χ4v) is 6.95. The summed E-state index contributed by atoms with van der Waals surface area (Å²) in [6.07, 6.45) is 7.91. The van der Waals surface area contributed by atoms with Gasteiger partial charge in [0.25, 0.3) is 0 Å². The monoisotopic (exact) mass is 690 g/mol. The number of benzene rings is 7. The molecule has 0 aliphatic rings. The number of allylic oxidation sites excluding steroid dienone is 3. The van der Waals surface area contributed by atoms with Gasteiger partial charge in [0.15, 0.2) is 0 Å². The van der Waals surface area contributed by atoms with Crippen molar-refractivity contribution in [3.05, 3.63) is 268 Å². The summed E-state index contributed by atoms with van der Waals surface area (Å²) in [7, 11) is 0. The average molecular weight is 691 g/mol. The van der Waals surface area contributed by atoms with E-state index in [-0.39, 0.29) is 0 Å². The van der Waals surface area contributed by atoms with Crippen LogP contribution in [0.3, 0.4) is 0 Å². The fourth-order valence-electron chi connectivity index (χ4n) is 6.95. The van der Waals surface area contributed by atoms with E-state index in [4.69, 9.17) is 0 Å². The lowest BCUT2D eigenvalue weighted by Gasteiger charge is -2.30. The highest BCUT2D eigenvalue weighted by Gasteiger charge is 2.29. The Hall–Kier alpha value is -7.26. The molecule has 0 saturated carbocycles. The van der Waals surface area contributed by atoms with Crippen molar-refractivity contribution in [1.29, 1.82) is 10.5 Å². The molecule has 0 radical (unpaired) electrons. The number of hydrogen-bond donors (Lipinski definition) is 0. The molecule has 0 aliphatic carbocycles. The van der Waals surface area contributed by atoms with E-state index in [1.807, 2.05) is 48.5 Å².